The van der Waals surface area contributed by atoms with Gasteiger partial charge in [-0.3, -0.25) is 23.4 Å². The van der Waals surface area contributed by atoms with E-state index >= 15 is 0 Å². The van der Waals surface area contributed by atoms with E-state index in [0.717, 1.165) is 11.5 Å². The van der Waals surface area contributed by atoms with Gasteiger partial charge in [0.2, 0.25) is 0 Å². The minimum Gasteiger partial charge on any atom is -0.465 e. The molecule has 0 radical (unpaired) electrons. The van der Waals surface area contributed by atoms with Crippen LogP contribution in [-0.4, -0.2) is 105 Å². The van der Waals surface area contributed by atoms with Crippen molar-refractivity contribution in [3.63, 3.8) is 0 Å². The van der Waals surface area contributed by atoms with Gasteiger partial charge in [-0.1, -0.05) is 26.3 Å². The van der Waals surface area contributed by atoms with Gasteiger partial charge in [0.1, 0.15) is 22.4 Å². The second-order valence-corrected chi connectivity index (χ2v) is 15.8. The van der Waals surface area contributed by atoms with Crippen LogP contribution in [0.2, 0.25) is 0 Å². The maximum atomic E-state index is 12.2. The lowest BCUT2D eigenvalue weighted by atomic mass is 9.96. The van der Waals surface area contributed by atoms with Crippen LogP contribution in [0.4, 0.5) is 13.2 Å². The van der Waals surface area contributed by atoms with E-state index in [1.54, 1.807) is 27.7 Å². The molecule has 17 nitrogen and oxygen atoms in total. The summed E-state index contributed by atoms with van der Waals surface area (Å²) in [5.41, 5.74) is -4.96. The molecular weight excluding hydrogens is 805 g/mol. The summed E-state index contributed by atoms with van der Waals surface area (Å²) in [4.78, 5) is 77.1. The lowest BCUT2D eigenvalue weighted by Crippen LogP contribution is -2.41. The van der Waals surface area contributed by atoms with Crippen LogP contribution in [0.15, 0.2) is 48.9 Å². The van der Waals surface area contributed by atoms with Crippen molar-refractivity contribution >= 4 is 51.9 Å². The van der Waals surface area contributed by atoms with Crippen LogP contribution in [0.25, 0.3) is 0 Å². The molecule has 326 valence electrons. The minimum absolute atomic E-state index is 0.0150. The second kappa shape index (κ2) is 21.1. The Morgan fingerprint density at radius 2 is 0.966 bits per heavy atom. The Balaban J connectivity index is 0.000000389. The highest BCUT2D eigenvalue weighted by molar-refractivity contribution is 7.89. The predicted molar refractivity (Wildman–Crippen MR) is 193 cm³/mol. The number of ether oxygens (including phenoxy) is 7. The summed E-state index contributed by atoms with van der Waals surface area (Å²) in [6.07, 6.45) is -2.21. The van der Waals surface area contributed by atoms with Gasteiger partial charge < -0.3 is 33.2 Å². The summed E-state index contributed by atoms with van der Waals surface area (Å²) in [6, 6.07) is 0. The van der Waals surface area contributed by atoms with Crippen LogP contribution in [0, 0.1) is 0 Å². The van der Waals surface area contributed by atoms with Crippen molar-refractivity contribution < 1.29 is 92.5 Å². The van der Waals surface area contributed by atoms with Crippen molar-refractivity contribution in [3.8, 4) is 0 Å². The van der Waals surface area contributed by atoms with E-state index in [1.807, 2.05) is 0 Å². The second-order valence-electron chi connectivity index (χ2n) is 14.3. The molecule has 4 saturated heterocycles. The van der Waals surface area contributed by atoms with Crippen LogP contribution >= 0.6 is 0 Å². The van der Waals surface area contributed by atoms with Crippen molar-refractivity contribution in [2.75, 3.05) is 26.4 Å². The average Bonchev–Trinajstić information content (AvgIpc) is 3.06. The lowest BCUT2D eigenvalue weighted by Gasteiger charge is -2.32. The Labute approximate surface area is 333 Å². The van der Waals surface area contributed by atoms with Crippen LogP contribution in [-0.2, 0) is 81.0 Å². The van der Waals surface area contributed by atoms with Crippen molar-refractivity contribution in [2.45, 2.75) is 115 Å². The largest absolute Gasteiger partial charge is 0.465 e. The van der Waals surface area contributed by atoms with Crippen LogP contribution in [0.1, 0.15) is 86.0 Å². The highest BCUT2D eigenvalue weighted by Gasteiger charge is 2.43. The van der Waals surface area contributed by atoms with E-state index < -0.39 is 74.1 Å². The molecule has 0 amide bonds. The smallest absolute Gasteiger partial charge is 0.422 e. The Hall–Kier alpha value is -5.05. The molecule has 0 aromatic heterocycles. The van der Waals surface area contributed by atoms with Crippen LogP contribution in [0.3, 0.4) is 0 Å². The summed E-state index contributed by atoms with van der Waals surface area (Å²) in [6.45, 7) is 21.3. The molecule has 0 aliphatic carbocycles. The van der Waals surface area contributed by atoms with Gasteiger partial charge in [0.05, 0.1) is 63.1 Å². The molecule has 4 aliphatic rings. The minimum atomic E-state index is -4.83. The summed E-state index contributed by atoms with van der Waals surface area (Å²) in [5.74, 6) is -4.23. The van der Waals surface area contributed by atoms with Crippen molar-refractivity contribution in [3.05, 3.63) is 48.9 Å². The third-order valence-corrected chi connectivity index (χ3v) is 9.34. The van der Waals surface area contributed by atoms with Crippen LogP contribution < -0.4 is 0 Å². The fourth-order valence-electron chi connectivity index (χ4n) is 4.95. The normalized spacial score (nSPS) is 26.8. The Kier molecular flexibility index (Phi) is 18.5. The quantitative estimate of drug-likeness (QED) is 0.136. The van der Waals surface area contributed by atoms with Gasteiger partial charge in [-0.15, -0.1) is 0 Å². The van der Waals surface area contributed by atoms with Crippen molar-refractivity contribution in [1.29, 1.82) is 0 Å². The molecule has 4 unspecified atom stereocenters. The molecule has 4 heterocycles. The van der Waals surface area contributed by atoms with Crippen molar-refractivity contribution in [1.82, 2.24) is 0 Å². The standard InChI is InChI=1S/C10H11F3O4.C10H14O4.C9H12O4.C8H12O5S/c1-6(10(11,12)13)8(15)17-9(2)3-4-16-7(14)5-9;1-7(2)9(12)14-10(3)4-5-13-8(11)6-10;1-3-7(10)13-9(2)4-5-12-8(11)6-9;1-3-14(10,11)13-8(2)4-5-12-7(9)6-8/h1,3-5H2,2H3;1,4-6H2,2-3H3;3H,1,4-6H2,2H3;3H,1,4-6H2,2H3. The first-order chi connectivity index (χ1) is 26.5. The maximum absolute atomic E-state index is 12.2. The number of hydrogen-bond acceptors (Lipinski definition) is 17. The fraction of sp³-hybridized carbons (Fsp3) is 0.595. The fourth-order valence-corrected chi connectivity index (χ4v) is 5.72. The molecule has 0 N–H and O–H groups in total. The Bertz CT molecular complexity index is 1740. The van der Waals surface area contributed by atoms with Gasteiger partial charge >= 0.3 is 48.0 Å². The molecule has 0 aromatic carbocycles. The number of alkyl halides is 3. The average molecular weight is 855 g/mol. The molecule has 58 heavy (non-hydrogen) atoms. The molecule has 4 atom stereocenters. The highest BCUT2D eigenvalue weighted by atomic mass is 32.2. The SMILES string of the molecule is C=C(C(=O)OC1(C)CCOC(=O)C1)C(F)(F)F.C=C(C)C(=O)OC1(C)CCOC(=O)C1.C=CC(=O)OC1(C)CCOC(=O)C1.C=CS(=O)(=O)OC1(C)CCOC(=O)C1. The molecular formula is C37H49F3O17S. The van der Waals surface area contributed by atoms with E-state index in [1.165, 1.54) is 6.92 Å². The first kappa shape index (κ1) is 51.0. The number of carbonyl (C=O) groups excluding carboxylic acids is 7. The van der Waals surface area contributed by atoms with E-state index in [-0.39, 0.29) is 57.3 Å². The number of hydrogen-bond donors (Lipinski definition) is 0. The molecule has 0 saturated carbocycles. The zero-order chi connectivity index (χ0) is 44.8. The number of carbonyl (C=O) groups is 7. The van der Waals surface area contributed by atoms with E-state index in [0.29, 0.717) is 38.0 Å². The van der Waals surface area contributed by atoms with E-state index in [2.05, 4.69) is 40.5 Å². The first-order valence-electron chi connectivity index (χ1n) is 17.4. The lowest BCUT2D eigenvalue weighted by molar-refractivity contribution is -0.178. The van der Waals surface area contributed by atoms with E-state index in [4.69, 9.17) is 23.1 Å². The summed E-state index contributed by atoms with van der Waals surface area (Å²) in [5, 5.41) is 0.720. The summed E-state index contributed by atoms with van der Waals surface area (Å²) in [7, 11) is -3.74. The zero-order valence-corrected chi connectivity index (χ0v) is 33.8. The molecule has 0 spiro atoms. The van der Waals surface area contributed by atoms with Crippen LogP contribution in [0.5, 0.6) is 0 Å². The van der Waals surface area contributed by atoms with Gasteiger partial charge in [-0.05, 0) is 34.6 Å². The Morgan fingerprint density at radius 3 is 1.28 bits per heavy atom. The third kappa shape index (κ3) is 18.5. The summed E-state index contributed by atoms with van der Waals surface area (Å²) < 4.78 is 97.2. The number of cyclic esters (lactones) is 4. The topological polar surface area (TPSA) is 227 Å². The monoisotopic (exact) mass is 854 g/mol. The molecule has 21 heteroatoms. The first-order valence-corrected chi connectivity index (χ1v) is 18.9. The number of esters is 7. The van der Waals surface area contributed by atoms with Gasteiger partial charge in [0.15, 0.2) is 0 Å². The molecule has 4 fully saturated rings. The Morgan fingerprint density at radius 1 is 0.638 bits per heavy atom. The van der Waals surface area contributed by atoms with Gasteiger partial charge in [-0.25, -0.2) is 14.4 Å². The highest BCUT2D eigenvalue weighted by Crippen LogP contribution is 2.31. The van der Waals surface area contributed by atoms with Crippen molar-refractivity contribution in [2.24, 2.45) is 0 Å². The zero-order valence-electron chi connectivity index (χ0n) is 33.0. The van der Waals surface area contributed by atoms with Gasteiger partial charge in [-0.2, -0.15) is 21.6 Å². The molecule has 4 rings (SSSR count). The van der Waals surface area contributed by atoms with Gasteiger partial charge in [0.25, 0.3) is 10.1 Å². The molecule has 4 aliphatic heterocycles. The third-order valence-electron chi connectivity index (χ3n) is 8.30. The predicted octanol–water partition coefficient (Wildman–Crippen LogP) is 4.33. The van der Waals surface area contributed by atoms with Gasteiger partial charge in [0, 0.05) is 37.3 Å². The number of halogens is 3. The molecule has 0 aromatic rings. The van der Waals surface area contributed by atoms with E-state index in [9.17, 15) is 55.2 Å². The number of rotatable bonds is 9. The summed E-state index contributed by atoms with van der Waals surface area (Å²) >= 11 is 0. The maximum Gasteiger partial charge on any atom is 0.422 e. The molecule has 0 bridgehead atoms.